The maximum absolute atomic E-state index is 14.2. The number of primary amides is 1. The van der Waals surface area contributed by atoms with Crippen LogP contribution in [0, 0.1) is 17.7 Å². The number of nitrogen functional groups attached to an aromatic ring is 1. The molecule has 2 heterocycles. The number of thiazole rings is 1. The Morgan fingerprint density at radius 3 is 2.81 bits per heavy atom. The van der Waals surface area contributed by atoms with Crippen LogP contribution in [0.3, 0.4) is 0 Å². The third-order valence-corrected chi connectivity index (χ3v) is 4.92. The van der Waals surface area contributed by atoms with Crippen molar-refractivity contribution in [3.63, 3.8) is 0 Å². The van der Waals surface area contributed by atoms with Crippen LogP contribution in [0.15, 0.2) is 18.2 Å². The van der Waals surface area contributed by atoms with Gasteiger partial charge in [-0.25, -0.2) is 9.37 Å². The molecule has 5 N–H and O–H groups in total. The lowest BCUT2D eigenvalue weighted by molar-refractivity contribution is -0.137. The Hall–Kier alpha value is -2.96. The SMILES string of the molecule is CN1CC[C@@](O)(C#Cc2ccc(F)c(-c3nc(C(N)=O)c(N)s3)c2)C1=O. The lowest BCUT2D eigenvalue weighted by Crippen LogP contribution is -2.37. The molecule has 1 saturated heterocycles. The molecule has 1 aliphatic rings. The zero-order valence-electron chi connectivity index (χ0n) is 13.7. The summed E-state index contributed by atoms with van der Waals surface area (Å²) in [6, 6.07) is 4.02. The van der Waals surface area contributed by atoms with E-state index in [1.165, 1.54) is 23.1 Å². The van der Waals surface area contributed by atoms with Gasteiger partial charge in [-0.3, -0.25) is 9.59 Å². The molecule has 3 rings (SSSR count). The Labute approximate surface area is 152 Å². The van der Waals surface area contributed by atoms with Crippen LogP contribution in [0.2, 0.25) is 0 Å². The summed E-state index contributed by atoms with van der Waals surface area (Å²) in [6.45, 7) is 0.410. The fraction of sp³-hybridized carbons (Fsp3) is 0.235. The highest BCUT2D eigenvalue weighted by atomic mass is 32.1. The first kappa shape index (κ1) is 17.8. The van der Waals surface area contributed by atoms with Crippen molar-refractivity contribution in [3.05, 3.63) is 35.3 Å². The first-order chi connectivity index (χ1) is 12.2. The lowest BCUT2D eigenvalue weighted by atomic mass is 10.0. The summed E-state index contributed by atoms with van der Waals surface area (Å²) in [6.07, 6.45) is 0.203. The molecule has 1 fully saturated rings. The third-order valence-electron chi connectivity index (χ3n) is 4.01. The number of halogens is 1. The molecule has 1 atom stereocenters. The van der Waals surface area contributed by atoms with E-state index < -0.39 is 23.2 Å². The minimum Gasteiger partial charge on any atom is -0.389 e. The number of carbonyl (C=O) groups excluding carboxylic acids is 2. The summed E-state index contributed by atoms with van der Waals surface area (Å²) in [5, 5.41) is 10.6. The van der Waals surface area contributed by atoms with Gasteiger partial charge in [0.1, 0.15) is 15.8 Å². The predicted molar refractivity (Wildman–Crippen MR) is 94.5 cm³/mol. The number of nitrogens with zero attached hydrogens (tertiary/aromatic N) is 2. The van der Waals surface area contributed by atoms with E-state index in [4.69, 9.17) is 11.5 Å². The van der Waals surface area contributed by atoms with E-state index in [2.05, 4.69) is 16.8 Å². The molecule has 0 spiro atoms. The number of anilines is 1. The Bertz CT molecular complexity index is 978. The van der Waals surface area contributed by atoms with Gasteiger partial charge in [-0.15, -0.1) is 0 Å². The van der Waals surface area contributed by atoms with Gasteiger partial charge < -0.3 is 21.5 Å². The van der Waals surface area contributed by atoms with E-state index in [-0.39, 0.29) is 27.7 Å². The van der Waals surface area contributed by atoms with Crippen LogP contribution in [0.1, 0.15) is 22.5 Å². The zero-order chi connectivity index (χ0) is 19.1. The average Bonchev–Trinajstić information content (AvgIpc) is 3.10. The molecule has 0 radical (unpaired) electrons. The van der Waals surface area contributed by atoms with Gasteiger partial charge in [0.15, 0.2) is 5.69 Å². The molecule has 1 aromatic heterocycles. The van der Waals surface area contributed by atoms with E-state index in [1.807, 2.05) is 0 Å². The largest absolute Gasteiger partial charge is 0.389 e. The van der Waals surface area contributed by atoms with Gasteiger partial charge in [0.25, 0.3) is 11.8 Å². The van der Waals surface area contributed by atoms with Crippen molar-refractivity contribution in [2.45, 2.75) is 12.0 Å². The Balaban J connectivity index is 1.97. The van der Waals surface area contributed by atoms with Crippen LogP contribution in [-0.2, 0) is 4.79 Å². The molecule has 134 valence electrons. The van der Waals surface area contributed by atoms with Crippen LogP contribution in [0.4, 0.5) is 9.39 Å². The maximum Gasteiger partial charge on any atom is 0.270 e. The fourth-order valence-electron chi connectivity index (χ4n) is 2.54. The first-order valence-electron chi connectivity index (χ1n) is 7.58. The average molecular weight is 374 g/mol. The molecular weight excluding hydrogens is 359 g/mol. The van der Waals surface area contributed by atoms with Crippen molar-refractivity contribution >= 4 is 28.2 Å². The third kappa shape index (κ3) is 3.12. The number of aliphatic hydroxyl groups is 1. The van der Waals surface area contributed by atoms with Crippen molar-refractivity contribution < 1.29 is 19.1 Å². The van der Waals surface area contributed by atoms with Crippen molar-refractivity contribution in [3.8, 4) is 22.4 Å². The van der Waals surface area contributed by atoms with Crippen LogP contribution in [-0.4, -0.2) is 46.0 Å². The number of nitrogens with two attached hydrogens (primary N) is 2. The summed E-state index contributed by atoms with van der Waals surface area (Å²) >= 11 is 0.929. The number of hydrogen-bond acceptors (Lipinski definition) is 6. The molecule has 2 aromatic rings. The predicted octanol–water partition coefficient (Wildman–Crippen LogP) is 0.575. The molecule has 1 aromatic carbocycles. The van der Waals surface area contributed by atoms with E-state index in [9.17, 15) is 19.1 Å². The summed E-state index contributed by atoms with van der Waals surface area (Å²) in [4.78, 5) is 28.6. The zero-order valence-corrected chi connectivity index (χ0v) is 14.6. The molecule has 2 amide bonds. The lowest BCUT2D eigenvalue weighted by Gasteiger charge is -2.13. The second kappa shape index (κ2) is 6.40. The molecule has 0 aliphatic carbocycles. The Morgan fingerprint density at radius 2 is 2.23 bits per heavy atom. The fourth-order valence-corrected chi connectivity index (χ4v) is 3.39. The number of likely N-dealkylation sites (tertiary alicyclic amines) is 1. The minimum absolute atomic E-state index is 0.0947. The van der Waals surface area contributed by atoms with E-state index >= 15 is 0 Å². The minimum atomic E-state index is -1.74. The Morgan fingerprint density at radius 1 is 1.50 bits per heavy atom. The highest BCUT2D eigenvalue weighted by Gasteiger charge is 2.42. The summed E-state index contributed by atoms with van der Waals surface area (Å²) in [7, 11) is 1.58. The number of benzene rings is 1. The first-order valence-corrected chi connectivity index (χ1v) is 8.40. The molecule has 0 bridgehead atoms. The van der Waals surface area contributed by atoms with Gasteiger partial charge in [0.2, 0.25) is 5.60 Å². The van der Waals surface area contributed by atoms with E-state index in [0.717, 1.165) is 11.3 Å². The van der Waals surface area contributed by atoms with Crippen LogP contribution in [0.25, 0.3) is 10.6 Å². The topological polar surface area (TPSA) is 123 Å². The number of carbonyl (C=O) groups is 2. The highest BCUT2D eigenvalue weighted by Crippen LogP contribution is 2.32. The summed E-state index contributed by atoms with van der Waals surface area (Å²) in [5.41, 5.74) is 9.48. The van der Waals surface area contributed by atoms with E-state index in [1.54, 1.807) is 7.05 Å². The molecule has 9 heteroatoms. The Kier molecular flexibility index (Phi) is 4.39. The molecule has 26 heavy (non-hydrogen) atoms. The molecule has 0 saturated carbocycles. The van der Waals surface area contributed by atoms with Gasteiger partial charge in [-0.2, -0.15) is 0 Å². The van der Waals surface area contributed by atoms with Crippen LogP contribution < -0.4 is 11.5 Å². The summed E-state index contributed by atoms with van der Waals surface area (Å²) in [5.74, 6) is 3.42. The maximum atomic E-state index is 14.2. The van der Waals surface area contributed by atoms with Crippen molar-refractivity contribution in [1.29, 1.82) is 0 Å². The molecule has 7 nitrogen and oxygen atoms in total. The second-order valence-corrected chi connectivity index (χ2v) is 6.91. The van der Waals surface area contributed by atoms with E-state index in [0.29, 0.717) is 12.1 Å². The van der Waals surface area contributed by atoms with Crippen molar-refractivity contribution in [2.24, 2.45) is 5.73 Å². The van der Waals surface area contributed by atoms with Gasteiger partial charge in [0.05, 0.1) is 0 Å². The van der Waals surface area contributed by atoms with Gasteiger partial charge in [-0.05, 0) is 18.2 Å². The monoisotopic (exact) mass is 374 g/mol. The quantitative estimate of drug-likeness (QED) is 0.664. The molecule has 0 unspecified atom stereocenters. The standard InChI is InChI=1S/C17H15FN4O3S/c1-22-7-6-17(25,16(22)24)5-4-9-2-3-11(18)10(8-9)15-21-12(13(19)23)14(20)26-15/h2-3,8,25H,6-7,20H2,1H3,(H2,19,23)/t17-/m0/s1. The van der Waals surface area contributed by atoms with Crippen LogP contribution >= 0.6 is 11.3 Å². The smallest absolute Gasteiger partial charge is 0.270 e. The number of amides is 2. The van der Waals surface area contributed by atoms with Gasteiger partial charge in [0, 0.05) is 31.1 Å². The number of aromatic nitrogens is 1. The number of hydrogen-bond donors (Lipinski definition) is 3. The van der Waals surface area contributed by atoms with Gasteiger partial charge in [-0.1, -0.05) is 23.2 Å². The number of likely N-dealkylation sites (N-methyl/N-ethyl adjacent to an activating group) is 1. The molecular formula is C17H15FN4O3S. The van der Waals surface area contributed by atoms with Crippen molar-refractivity contribution in [1.82, 2.24) is 9.88 Å². The highest BCUT2D eigenvalue weighted by molar-refractivity contribution is 7.19. The van der Waals surface area contributed by atoms with Crippen LogP contribution in [0.5, 0.6) is 0 Å². The molecule has 1 aliphatic heterocycles. The second-order valence-electron chi connectivity index (χ2n) is 5.88. The summed E-state index contributed by atoms with van der Waals surface area (Å²) < 4.78 is 14.2. The normalized spacial score (nSPS) is 19.3. The van der Waals surface area contributed by atoms with Crippen molar-refractivity contribution in [2.75, 3.05) is 19.3 Å². The van der Waals surface area contributed by atoms with Gasteiger partial charge >= 0.3 is 0 Å². The number of rotatable bonds is 2.